The molecule has 1 N–H and O–H groups in total. The molecule has 4 heteroatoms. The SMILES string of the molecule is C/C=C/[C@@H](O[Si](C)(C)C(C)(C)C)C(C)(C)[C@H]1O[C@@H]1CO. The highest BCUT2D eigenvalue weighted by molar-refractivity contribution is 6.74. The van der Waals surface area contributed by atoms with Crippen LogP contribution in [0.25, 0.3) is 0 Å². The molecule has 0 spiro atoms. The minimum absolute atomic E-state index is 0.0231. The Morgan fingerprint density at radius 3 is 2.15 bits per heavy atom. The molecule has 118 valence electrons. The number of aliphatic hydroxyl groups is 1. The molecule has 0 aromatic carbocycles. The molecular formula is C16H32O3Si. The van der Waals surface area contributed by atoms with Crippen molar-refractivity contribution in [1.82, 2.24) is 0 Å². The number of rotatable bonds is 6. The van der Waals surface area contributed by atoms with Gasteiger partial charge < -0.3 is 14.3 Å². The van der Waals surface area contributed by atoms with Crippen LogP contribution in [0, 0.1) is 5.41 Å². The van der Waals surface area contributed by atoms with Crippen LogP contribution in [0.2, 0.25) is 18.1 Å². The third kappa shape index (κ3) is 3.73. The summed E-state index contributed by atoms with van der Waals surface area (Å²) in [6, 6.07) is 0. The van der Waals surface area contributed by atoms with Crippen LogP contribution in [-0.4, -0.2) is 38.3 Å². The first-order chi connectivity index (χ1) is 8.97. The number of allylic oxidation sites excluding steroid dienone is 1. The van der Waals surface area contributed by atoms with Crippen molar-refractivity contribution in [2.45, 2.75) is 78.0 Å². The Bertz CT molecular complexity index is 355. The summed E-state index contributed by atoms with van der Waals surface area (Å²) in [5, 5.41) is 9.42. The van der Waals surface area contributed by atoms with Gasteiger partial charge in [0.2, 0.25) is 0 Å². The fourth-order valence-electron chi connectivity index (χ4n) is 2.21. The predicted molar refractivity (Wildman–Crippen MR) is 86.4 cm³/mol. The van der Waals surface area contributed by atoms with Crippen LogP contribution >= 0.6 is 0 Å². The minimum Gasteiger partial charge on any atom is -0.410 e. The summed E-state index contributed by atoms with van der Waals surface area (Å²) in [7, 11) is -1.83. The molecule has 0 aliphatic carbocycles. The van der Waals surface area contributed by atoms with Gasteiger partial charge in [0.25, 0.3) is 0 Å². The Balaban J connectivity index is 2.90. The van der Waals surface area contributed by atoms with Crippen LogP contribution in [0.1, 0.15) is 41.5 Å². The van der Waals surface area contributed by atoms with Crippen molar-refractivity contribution in [3.8, 4) is 0 Å². The minimum atomic E-state index is -1.83. The van der Waals surface area contributed by atoms with Crippen molar-refractivity contribution < 1.29 is 14.3 Å². The van der Waals surface area contributed by atoms with Gasteiger partial charge in [0.1, 0.15) is 6.10 Å². The molecule has 1 fully saturated rings. The maximum Gasteiger partial charge on any atom is 0.192 e. The number of hydrogen-bond acceptors (Lipinski definition) is 3. The Hall–Kier alpha value is -0.163. The van der Waals surface area contributed by atoms with E-state index in [0.717, 1.165) is 0 Å². The molecule has 0 saturated carbocycles. The fourth-order valence-corrected chi connectivity index (χ4v) is 3.58. The summed E-state index contributed by atoms with van der Waals surface area (Å²) in [6.07, 6.45) is 4.26. The molecule has 0 radical (unpaired) electrons. The summed E-state index contributed by atoms with van der Waals surface area (Å²) in [4.78, 5) is 0. The van der Waals surface area contributed by atoms with E-state index in [-0.39, 0.29) is 35.4 Å². The lowest BCUT2D eigenvalue weighted by molar-refractivity contribution is 0.0730. The average Bonchev–Trinajstić information content (AvgIpc) is 3.06. The van der Waals surface area contributed by atoms with E-state index in [9.17, 15) is 5.11 Å². The van der Waals surface area contributed by atoms with Crippen molar-refractivity contribution in [1.29, 1.82) is 0 Å². The molecule has 0 unspecified atom stereocenters. The van der Waals surface area contributed by atoms with Gasteiger partial charge in [0.15, 0.2) is 8.32 Å². The standard InChI is InChI=1S/C16H32O3Si/c1-9-10-13(19-20(7,8)15(2,3)4)16(5,6)14-12(11-17)18-14/h9-10,12-14,17H,11H2,1-8H3/b10-9+/t12-,13-,14+/m1/s1. The molecule has 3 nitrogen and oxygen atoms in total. The van der Waals surface area contributed by atoms with Crippen LogP contribution in [-0.2, 0) is 9.16 Å². The summed E-state index contributed by atoms with van der Waals surface area (Å²) >= 11 is 0. The highest BCUT2D eigenvalue weighted by atomic mass is 28.4. The first-order valence-corrected chi connectivity index (χ1v) is 10.4. The van der Waals surface area contributed by atoms with Crippen LogP contribution in [0.5, 0.6) is 0 Å². The van der Waals surface area contributed by atoms with Gasteiger partial charge in [0, 0.05) is 5.41 Å². The first kappa shape index (κ1) is 17.9. The van der Waals surface area contributed by atoms with E-state index in [1.165, 1.54) is 0 Å². The number of hydrogen-bond donors (Lipinski definition) is 1. The zero-order valence-electron chi connectivity index (χ0n) is 14.4. The molecule has 1 aliphatic rings. The summed E-state index contributed by atoms with van der Waals surface area (Å²) in [6.45, 7) is 17.8. The highest BCUT2D eigenvalue weighted by Crippen LogP contribution is 2.45. The molecule has 1 aliphatic heterocycles. The van der Waals surface area contributed by atoms with Crippen molar-refractivity contribution in [3.05, 3.63) is 12.2 Å². The number of aliphatic hydroxyl groups excluding tert-OH is 1. The van der Waals surface area contributed by atoms with Gasteiger partial charge >= 0.3 is 0 Å². The van der Waals surface area contributed by atoms with E-state index < -0.39 is 8.32 Å². The molecule has 0 amide bonds. The van der Waals surface area contributed by atoms with Gasteiger partial charge in [-0.3, -0.25) is 0 Å². The maximum absolute atomic E-state index is 9.24. The molecule has 1 rings (SSSR count). The van der Waals surface area contributed by atoms with E-state index in [1.807, 2.05) is 6.92 Å². The summed E-state index contributed by atoms with van der Waals surface area (Å²) in [5.74, 6) is 0. The van der Waals surface area contributed by atoms with Crippen molar-refractivity contribution >= 4 is 8.32 Å². The Labute approximate surface area is 125 Å². The van der Waals surface area contributed by atoms with Crippen molar-refractivity contribution in [2.75, 3.05) is 6.61 Å². The molecule has 0 bridgehead atoms. The Morgan fingerprint density at radius 1 is 1.25 bits per heavy atom. The van der Waals surface area contributed by atoms with E-state index in [0.29, 0.717) is 0 Å². The Morgan fingerprint density at radius 2 is 1.80 bits per heavy atom. The van der Waals surface area contributed by atoms with Crippen LogP contribution in [0.15, 0.2) is 12.2 Å². The lowest BCUT2D eigenvalue weighted by Crippen LogP contribution is -2.49. The quantitative estimate of drug-likeness (QED) is 0.461. The number of epoxide rings is 1. The largest absolute Gasteiger partial charge is 0.410 e. The topological polar surface area (TPSA) is 42.0 Å². The lowest BCUT2D eigenvalue weighted by Gasteiger charge is -2.43. The molecular weight excluding hydrogens is 268 g/mol. The fraction of sp³-hybridized carbons (Fsp3) is 0.875. The predicted octanol–water partition coefficient (Wildman–Crippen LogP) is 3.74. The first-order valence-electron chi connectivity index (χ1n) is 7.54. The van der Waals surface area contributed by atoms with E-state index in [4.69, 9.17) is 9.16 Å². The second-order valence-electron chi connectivity index (χ2n) is 7.92. The third-order valence-corrected chi connectivity index (χ3v) is 9.28. The summed E-state index contributed by atoms with van der Waals surface area (Å²) in [5.41, 5.74) is -0.130. The van der Waals surface area contributed by atoms with Gasteiger partial charge in [-0.1, -0.05) is 46.8 Å². The van der Waals surface area contributed by atoms with Gasteiger partial charge in [-0.2, -0.15) is 0 Å². The molecule has 1 saturated heterocycles. The second kappa shape index (κ2) is 5.91. The van der Waals surface area contributed by atoms with Crippen molar-refractivity contribution in [2.24, 2.45) is 5.41 Å². The molecule has 1 heterocycles. The monoisotopic (exact) mass is 300 g/mol. The van der Waals surface area contributed by atoms with Gasteiger partial charge in [-0.15, -0.1) is 0 Å². The number of ether oxygens (including phenoxy) is 1. The van der Waals surface area contributed by atoms with Gasteiger partial charge in [-0.25, -0.2) is 0 Å². The molecule has 0 aromatic heterocycles. The van der Waals surface area contributed by atoms with Gasteiger partial charge in [0.05, 0.1) is 18.8 Å². The van der Waals surface area contributed by atoms with E-state index in [1.54, 1.807) is 0 Å². The van der Waals surface area contributed by atoms with Crippen LogP contribution < -0.4 is 0 Å². The van der Waals surface area contributed by atoms with E-state index in [2.05, 4.69) is 59.9 Å². The summed E-state index contributed by atoms with van der Waals surface area (Å²) < 4.78 is 12.2. The zero-order valence-corrected chi connectivity index (χ0v) is 15.4. The second-order valence-corrected chi connectivity index (χ2v) is 12.7. The Kier molecular flexibility index (Phi) is 5.29. The highest BCUT2D eigenvalue weighted by Gasteiger charge is 2.54. The third-order valence-electron chi connectivity index (χ3n) is 4.82. The van der Waals surface area contributed by atoms with Gasteiger partial charge in [-0.05, 0) is 25.1 Å². The maximum atomic E-state index is 9.24. The van der Waals surface area contributed by atoms with Crippen molar-refractivity contribution in [3.63, 3.8) is 0 Å². The van der Waals surface area contributed by atoms with Crippen LogP contribution in [0.3, 0.4) is 0 Å². The van der Waals surface area contributed by atoms with Crippen LogP contribution in [0.4, 0.5) is 0 Å². The normalized spacial score (nSPS) is 26.1. The zero-order chi connectivity index (χ0) is 15.8. The lowest BCUT2D eigenvalue weighted by atomic mass is 9.81. The average molecular weight is 301 g/mol. The molecule has 20 heavy (non-hydrogen) atoms. The smallest absolute Gasteiger partial charge is 0.192 e. The molecule has 0 aromatic rings. The van der Waals surface area contributed by atoms with E-state index >= 15 is 0 Å². The molecule has 3 atom stereocenters.